The van der Waals surface area contributed by atoms with Crippen LogP contribution in [0.1, 0.15) is 61.7 Å². The standard InChI is InChI=1S/C24H30N4O3S/c1-27-11-3-2-8-19(23(27)30)24(31)28-16-6-4-7-17(28)13-15(12-16)26-22(29)18-9-5-10-20-21(18)25-14-32-20/h5,9-10,14-17,19H,2-4,6-8,11-13H2,1H3,(H,26,29). The summed E-state index contributed by atoms with van der Waals surface area (Å²) >= 11 is 1.53. The number of para-hydroxylation sites is 1. The molecule has 8 heteroatoms. The molecule has 3 aliphatic heterocycles. The predicted octanol–water partition coefficient (Wildman–Crippen LogP) is 3.20. The Kier molecular flexibility index (Phi) is 5.88. The molecule has 1 aromatic carbocycles. The summed E-state index contributed by atoms with van der Waals surface area (Å²) in [6.07, 6.45) is 6.98. The van der Waals surface area contributed by atoms with Crippen molar-refractivity contribution in [3.63, 3.8) is 0 Å². The van der Waals surface area contributed by atoms with Gasteiger partial charge in [0.15, 0.2) is 0 Å². The Morgan fingerprint density at radius 2 is 1.88 bits per heavy atom. The van der Waals surface area contributed by atoms with Gasteiger partial charge >= 0.3 is 0 Å². The van der Waals surface area contributed by atoms with E-state index in [-0.39, 0.29) is 35.8 Å². The summed E-state index contributed by atoms with van der Waals surface area (Å²) < 4.78 is 1.01. The van der Waals surface area contributed by atoms with Crippen LogP contribution in [0.3, 0.4) is 0 Å². The molecule has 5 rings (SSSR count). The molecule has 1 N–H and O–H groups in total. The Bertz CT molecular complexity index is 1020. The Morgan fingerprint density at radius 1 is 1.09 bits per heavy atom. The Morgan fingerprint density at radius 3 is 2.66 bits per heavy atom. The molecule has 2 bridgehead atoms. The van der Waals surface area contributed by atoms with Gasteiger partial charge in [-0.3, -0.25) is 14.4 Å². The van der Waals surface area contributed by atoms with Gasteiger partial charge in [0.05, 0.1) is 21.3 Å². The lowest BCUT2D eigenvalue weighted by molar-refractivity contribution is -0.153. The summed E-state index contributed by atoms with van der Waals surface area (Å²) in [4.78, 5) is 47.5. The number of carbonyl (C=O) groups excluding carboxylic acids is 3. The number of hydrogen-bond acceptors (Lipinski definition) is 5. The largest absolute Gasteiger partial charge is 0.349 e. The summed E-state index contributed by atoms with van der Waals surface area (Å²) in [6.45, 7) is 0.731. The zero-order valence-corrected chi connectivity index (χ0v) is 19.3. The van der Waals surface area contributed by atoms with Crippen LogP contribution in [0.4, 0.5) is 0 Å². The average molecular weight is 455 g/mol. The van der Waals surface area contributed by atoms with Crippen LogP contribution in [-0.2, 0) is 9.59 Å². The lowest BCUT2D eigenvalue weighted by atomic mass is 9.80. The normalized spacial score (nSPS) is 28.5. The summed E-state index contributed by atoms with van der Waals surface area (Å²) in [7, 11) is 1.80. The number of rotatable bonds is 3. The van der Waals surface area contributed by atoms with Gasteiger partial charge in [0.25, 0.3) is 5.91 Å². The SMILES string of the molecule is CN1CCCCC(C(=O)N2C3CCCC2CC(NC(=O)c2cccc4scnc24)C3)C1=O. The van der Waals surface area contributed by atoms with Gasteiger partial charge in [-0.1, -0.05) is 12.5 Å². The number of likely N-dealkylation sites (tertiary alicyclic amines) is 1. The molecule has 2 aromatic rings. The smallest absolute Gasteiger partial charge is 0.253 e. The molecule has 3 atom stereocenters. The number of carbonyl (C=O) groups is 3. The molecule has 3 aliphatic rings. The van der Waals surface area contributed by atoms with Crippen LogP contribution < -0.4 is 5.32 Å². The Hall–Kier alpha value is -2.48. The Balaban J connectivity index is 1.30. The van der Waals surface area contributed by atoms with Crippen molar-refractivity contribution in [3.8, 4) is 0 Å². The molecule has 1 aromatic heterocycles. The van der Waals surface area contributed by atoms with Crippen LogP contribution in [-0.4, -0.2) is 64.2 Å². The first-order chi connectivity index (χ1) is 15.5. The monoisotopic (exact) mass is 454 g/mol. The van der Waals surface area contributed by atoms with Gasteiger partial charge in [0.2, 0.25) is 11.8 Å². The second kappa shape index (κ2) is 8.81. The maximum Gasteiger partial charge on any atom is 0.253 e. The number of hydrogen-bond donors (Lipinski definition) is 1. The second-order valence-electron chi connectivity index (χ2n) is 9.44. The van der Waals surface area contributed by atoms with Crippen molar-refractivity contribution < 1.29 is 14.4 Å². The highest BCUT2D eigenvalue weighted by atomic mass is 32.1. The Labute approximate surface area is 192 Å². The number of nitrogens with zero attached hydrogens (tertiary/aromatic N) is 3. The molecular weight excluding hydrogens is 424 g/mol. The molecule has 0 aliphatic carbocycles. The molecule has 3 saturated heterocycles. The highest BCUT2D eigenvalue weighted by Crippen LogP contribution is 2.36. The van der Waals surface area contributed by atoms with Crippen molar-refractivity contribution in [1.29, 1.82) is 0 Å². The molecule has 3 unspecified atom stereocenters. The van der Waals surface area contributed by atoms with E-state index >= 15 is 0 Å². The highest BCUT2D eigenvalue weighted by molar-refractivity contribution is 7.16. The minimum Gasteiger partial charge on any atom is -0.349 e. The third-order valence-corrected chi connectivity index (χ3v) is 8.17. The third-order valence-electron chi connectivity index (χ3n) is 7.38. The lowest BCUT2D eigenvalue weighted by Crippen LogP contribution is -2.60. The van der Waals surface area contributed by atoms with E-state index in [2.05, 4.69) is 10.3 Å². The van der Waals surface area contributed by atoms with Gasteiger partial charge in [-0.25, -0.2) is 4.98 Å². The average Bonchev–Trinajstić information content (AvgIpc) is 3.20. The number of nitrogens with one attached hydrogen (secondary N) is 1. The number of piperidine rings is 2. The van der Waals surface area contributed by atoms with Crippen molar-refractivity contribution >= 4 is 39.3 Å². The fourth-order valence-corrected chi connectivity index (χ4v) is 6.50. The predicted molar refractivity (Wildman–Crippen MR) is 123 cm³/mol. The number of amides is 3. The molecule has 7 nitrogen and oxygen atoms in total. The van der Waals surface area contributed by atoms with E-state index in [0.717, 1.165) is 61.7 Å². The van der Waals surface area contributed by atoms with Crippen molar-refractivity contribution in [3.05, 3.63) is 29.3 Å². The maximum absolute atomic E-state index is 13.5. The van der Waals surface area contributed by atoms with E-state index in [1.54, 1.807) is 17.5 Å². The first kappa shape index (κ1) is 21.4. The molecule has 3 amide bonds. The van der Waals surface area contributed by atoms with Crippen LogP contribution in [0.15, 0.2) is 23.7 Å². The van der Waals surface area contributed by atoms with E-state index in [9.17, 15) is 14.4 Å². The second-order valence-corrected chi connectivity index (χ2v) is 10.3. The summed E-state index contributed by atoms with van der Waals surface area (Å²) in [5, 5.41) is 3.22. The number of benzene rings is 1. The van der Waals surface area contributed by atoms with E-state index in [1.807, 2.05) is 23.1 Å². The van der Waals surface area contributed by atoms with Crippen molar-refractivity contribution in [2.24, 2.45) is 5.92 Å². The molecular formula is C24H30N4O3S. The van der Waals surface area contributed by atoms with Crippen LogP contribution in [0.5, 0.6) is 0 Å². The molecule has 0 spiro atoms. The van der Waals surface area contributed by atoms with Crippen molar-refractivity contribution in [2.75, 3.05) is 13.6 Å². The van der Waals surface area contributed by atoms with E-state index in [0.29, 0.717) is 12.0 Å². The van der Waals surface area contributed by atoms with E-state index in [1.165, 1.54) is 11.3 Å². The van der Waals surface area contributed by atoms with Gasteiger partial charge in [0, 0.05) is 31.7 Å². The number of aromatic nitrogens is 1. The van der Waals surface area contributed by atoms with Crippen LogP contribution in [0.25, 0.3) is 10.2 Å². The van der Waals surface area contributed by atoms with Crippen LogP contribution in [0.2, 0.25) is 0 Å². The molecule has 4 heterocycles. The molecule has 0 saturated carbocycles. The van der Waals surface area contributed by atoms with E-state index in [4.69, 9.17) is 0 Å². The quantitative estimate of drug-likeness (QED) is 0.722. The number of thiazole rings is 1. The van der Waals surface area contributed by atoms with Gasteiger partial charge in [0.1, 0.15) is 5.92 Å². The summed E-state index contributed by atoms with van der Waals surface area (Å²) in [5.41, 5.74) is 3.13. The molecule has 32 heavy (non-hydrogen) atoms. The minimum absolute atomic E-state index is 0.00969. The molecule has 3 fully saturated rings. The first-order valence-corrected chi connectivity index (χ1v) is 12.6. The van der Waals surface area contributed by atoms with Crippen LogP contribution >= 0.6 is 11.3 Å². The lowest BCUT2D eigenvalue weighted by Gasteiger charge is -2.50. The molecule has 0 radical (unpaired) electrons. The summed E-state index contributed by atoms with van der Waals surface area (Å²) in [6, 6.07) is 5.92. The summed E-state index contributed by atoms with van der Waals surface area (Å²) in [5.74, 6) is -0.656. The van der Waals surface area contributed by atoms with E-state index < -0.39 is 5.92 Å². The molecule has 170 valence electrons. The zero-order chi connectivity index (χ0) is 22.2. The van der Waals surface area contributed by atoms with Crippen molar-refractivity contribution in [1.82, 2.24) is 20.1 Å². The minimum atomic E-state index is -0.543. The highest BCUT2D eigenvalue weighted by Gasteiger charge is 2.45. The maximum atomic E-state index is 13.5. The van der Waals surface area contributed by atoms with Gasteiger partial charge in [-0.2, -0.15) is 0 Å². The topological polar surface area (TPSA) is 82.6 Å². The fraction of sp³-hybridized carbons (Fsp3) is 0.583. The number of fused-ring (bicyclic) bond motifs is 3. The van der Waals surface area contributed by atoms with Gasteiger partial charge in [-0.05, 0) is 57.1 Å². The van der Waals surface area contributed by atoms with Gasteiger partial charge in [-0.15, -0.1) is 11.3 Å². The van der Waals surface area contributed by atoms with Crippen molar-refractivity contribution in [2.45, 2.75) is 69.5 Å². The van der Waals surface area contributed by atoms with Crippen LogP contribution in [0, 0.1) is 5.92 Å². The first-order valence-electron chi connectivity index (χ1n) is 11.7. The zero-order valence-electron chi connectivity index (χ0n) is 18.5. The van der Waals surface area contributed by atoms with Gasteiger partial charge < -0.3 is 15.1 Å². The fourth-order valence-electron chi connectivity index (χ4n) is 5.80. The third kappa shape index (κ3) is 3.89.